The molecule has 3 rings (SSSR count). The highest BCUT2D eigenvalue weighted by atomic mass is 32.2. The average molecular weight is 301 g/mol. The van der Waals surface area contributed by atoms with Crippen LogP contribution in [0.2, 0.25) is 0 Å². The molecule has 19 heavy (non-hydrogen) atoms. The number of nitrogens with one attached hydrogen (secondary N) is 2. The highest BCUT2D eigenvalue weighted by molar-refractivity contribution is 7.93. The summed E-state index contributed by atoms with van der Waals surface area (Å²) in [6.45, 7) is 2.24. The van der Waals surface area contributed by atoms with E-state index >= 15 is 0 Å². The molecule has 0 aliphatic heterocycles. The van der Waals surface area contributed by atoms with Gasteiger partial charge in [-0.2, -0.15) is 0 Å². The molecule has 2 aliphatic rings. The van der Waals surface area contributed by atoms with Crippen molar-refractivity contribution in [3.63, 3.8) is 0 Å². The van der Waals surface area contributed by atoms with E-state index in [9.17, 15) is 8.42 Å². The first-order chi connectivity index (χ1) is 9.04. The van der Waals surface area contributed by atoms with Crippen molar-refractivity contribution in [2.45, 2.75) is 50.3 Å². The maximum atomic E-state index is 12.2. The highest BCUT2D eigenvalue weighted by Gasteiger charge is 2.27. The second-order valence-corrected chi connectivity index (χ2v) is 8.57. The molecule has 1 heterocycles. The number of aromatic nitrogens is 1. The molecule has 2 N–H and O–H groups in total. The van der Waals surface area contributed by atoms with Crippen LogP contribution >= 0.6 is 11.3 Å². The van der Waals surface area contributed by atoms with Crippen LogP contribution in [0.25, 0.3) is 0 Å². The van der Waals surface area contributed by atoms with Gasteiger partial charge in [-0.25, -0.2) is 13.4 Å². The fourth-order valence-corrected chi connectivity index (χ4v) is 4.41. The molecule has 7 heteroatoms. The molecule has 2 aliphatic carbocycles. The summed E-state index contributed by atoms with van der Waals surface area (Å²) in [5.41, 5.74) is 1.08. The number of fused-ring (bicyclic) bond motifs is 1. The minimum Gasteiger partial charge on any atom is -0.313 e. The predicted octanol–water partition coefficient (Wildman–Crippen LogP) is 1.51. The zero-order valence-electron chi connectivity index (χ0n) is 11.0. The van der Waals surface area contributed by atoms with Crippen LogP contribution in [0.15, 0.2) is 0 Å². The molecule has 1 aromatic rings. The molecule has 0 aromatic carbocycles. The van der Waals surface area contributed by atoms with Crippen LogP contribution in [0.4, 0.5) is 5.13 Å². The fourth-order valence-electron chi connectivity index (χ4n) is 2.19. The van der Waals surface area contributed by atoms with Gasteiger partial charge in [-0.05, 0) is 39.0 Å². The first kappa shape index (κ1) is 13.3. The summed E-state index contributed by atoms with van der Waals surface area (Å²) in [6.07, 6.45) is 5.49. The van der Waals surface area contributed by atoms with Gasteiger partial charge in [-0.3, -0.25) is 4.72 Å². The van der Waals surface area contributed by atoms with Crippen molar-refractivity contribution in [3.05, 3.63) is 10.6 Å². The number of rotatable bonds is 6. The number of sulfonamides is 1. The van der Waals surface area contributed by atoms with Crippen LogP contribution in [0, 0.1) is 0 Å². The second-order valence-electron chi connectivity index (χ2n) is 5.38. The second kappa shape index (κ2) is 5.03. The lowest BCUT2D eigenvalue weighted by Gasteiger charge is -2.13. The first-order valence-corrected chi connectivity index (χ1v) is 9.14. The Morgan fingerprint density at radius 3 is 2.89 bits per heavy atom. The van der Waals surface area contributed by atoms with Crippen molar-refractivity contribution in [2.75, 3.05) is 11.3 Å². The predicted molar refractivity (Wildman–Crippen MR) is 77.2 cm³/mol. The van der Waals surface area contributed by atoms with E-state index in [2.05, 4.69) is 15.0 Å². The fraction of sp³-hybridized carbons (Fsp3) is 0.750. The van der Waals surface area contributed by atoms with Crippen LogP contribution < -0.4 is 10.0 Å². The van der Waals surface area contributed by atoms with E-state index in [0.717, 1.165) is 25.0 Å². The quantitative estimate of drug-likeness (QED) is 0.835. The van der Waals surface area contributed by atoms with Crippen LogP contribution in [0.5, 0.6) is 0 Å². The number of aryl methyl sites for hydroxylation is 2. The van der Waals surface area contributed by atoms with Crippen molar-refractivity contribution < 1.29 is 8.42 Å². The summed E-state index contributed by atoms with van der Waals surface area (Å²) in [7, 11) is -3.33. The monoisotopic (exact) mass is 301 g/mol. The van der Waals surface area contributed by atoms with Gasteiger partial charge in [-0.1, -0.05) is 0 Å². The Labute approximate surface area is 117 Å². The standard InChI is InChI=1S/C12H19N3O2S2/c1-8(7-13-9-5-6-9)19(16,17)15-12-14-10-3-2-4-11(10)18-12/h8-9,13H,2-7H2,1H3,(H,14,15). The Bertz CT molecular complexity index is 542. The summed E-state index contributed by atoms with van der Waals surface area (Å²) >= 11 is 1.48. The third-order valence-corrected chi connectivity index (χ3v) is 6.53. The molecule has 0 radical (unpaired) electrons. The largest absolute Gasteiger partial charge is 0.313 e. The Morgan fingerprint density at radius 2 is 2.21 bits per heavy atom. The normalized spacial score (nSPS) is 20.3. The van der Waals surface area contributed by atoms with Crippen molar-refractivity contribution in [1.82, 2.24) is 10.3 Å². The minimum absolute atomic E-state index is 0.438. The van der Waals surface area contributed by atoms with Gasteiger partial charge in [0.05, 0.1) is 10.9 Å². The maximum Gasteiger partial charge on any atom is 0.238 e. The van der Waals surface area contributed by atoms with Gasteiger partial charge in [-0.15, -0.1) is 11.3 Å². The molecule has 0 bridgehead atoms. The van der Waals surface area contributed by atoms with Crippen molar-refractivity contribution >= 4 is 26.5 Å². The molecule has 1 fully saturated rings. The smallest absolute Gasteiger partial charge is 0.238 e. The highest BCUT2D eigenvalue weighted by Crippen LogP contribution is 2.31. The number of hydrogen-bond donors (Lipinski definition) is 2. The number of nitrogens with zero attached hydrogens (tertiary/aromatic N) is 1. The number of anilines is 1. The topological polar surface area (TPSA) is 71.1 Å². The van der Waals surface area contributed by atoms with E-state index in [1.807, 2.05) is 0 Å². The van der Waals surface area contributed by atoms with Crippen molar-refractivity contribution in [1.29, 1.82) is 0 Å². The van der Waals surface area contributed by atoms with Crippen LogP contribution in [0.3, 0.4) is 0 Å². The molecule has 5 nitrogen and oxygen atoms in total. The van der Waals surface area contributed by atoms with E-state index < -0.39 is 15.3 Å². The molecule has 1 unspecified atom stereocenters. The van der Waals surface area contributed by atoms with Gasteiger partial charge < -0.3 is 5.32 Å². The van der Waals surface area contributed by atoms with E-state index in [1.165, 1.54) is 29.1 Å². The molecule has 0 spiro atoms. The van der Waals surface area contributed by atoms with Gasteiger partial charge >= 0.3 is 0 Å². The molecule has 0 saturated heterocycles. The zero-order chi connectivity index (χ0) is 13.5. The molecular formula is C12H19N3O2S2. The van der Waals surface area contributed by atoms with E-state index in [4.69, 9.17) is 0 Å². The number of thiazole rings is 1. The summed E-state index contributed by atoms with van der Waals surface area (Å²) in [5, 5.41) is 3.34. The Kier molecular flexibility index (Phi) is 3.53. The minimum atomic E-state index is -3.33. The molecule has 1 aromatic heterocycles. The summed E-state index contributed by atoms with van der Waals surface area (Å²) in [4.78, 5) is 5.61. The average Bonchev–Trinajstić information content (AvgIpc) is 2.95. The SMILES string of the molecule is CC(CNC1CC1)S(=O)(=O)Nc1nc2c(s1)CCC2. The summed E-state index contributed by atoms with van der Waals surface area (Å²) in [5.74, 6) is 0. The van der Waals surface area contributed by atoms with Crippen LogP contribution in [-0.2, 0) is 22.9 Å². The van der Waals surface area contributed by atoms with Crippen molar-refractivity contribution in [2.24, 2.45) is 0 Å². The molecule has 1 atom stereocenters. The van der Waals surface area contributed by atoms with Gasteiger partial charge in [0.25, 0.3) is 0 Å². The first-order valence-electron chi connectivity index (χ1n) is 6.78. The molecule has 1 saturated carbocycles. The van der Waals surface area contributed by atoms with E-state index in [1.54, 1.807) is 6.92 Å². The van der Waals surface area contributed by atoms with Gasteiger partial charge in [0, 0.05) is 17.5 Å². The molecular weight excluding hydrogens is 282 g/mol. The lowest BCUT2D eigenvalue weighted by atomic mass is 10.4. The van der Waals surface area contributed by atoms with E-state index in [0.29, 0.717) is 17.7 Å². The van der Waals surface area contributed by atoms with Crippen molar-refractivity contribution in [3.8, 4) is 0 Å². The zero-order valence-corrected chi connectivity index (χ0v) is 12.6. The van der Waals surface area contributed by atoms with Gasteiger partial charge in [0.15, 0.2) is 5.13 Å². The Morgan fingerprint density at radius 1 is 1.42 bits per heavy atom. The molecule has 0 amide bonds. The maximum absolute atomic E-state index is 12.2. The Hall–Kier alpha value is -0.660. The van der Waals surface area contributed by atoms with Crippen LogP contribution in [0.1, 0.15) is 36.8 Å². The Balaban J connectivity index is 1.62. The lowest BCUT2D eigenvalue weighted by molar-refractivity contribution is 0.576. The van der Waals surface area contributed by atoms with Gasteiger partial charge in [0.2, 0.25) is 10.0 Å². The van der Waals surface area contributed by atoms with Gasteiger partial charge in [0.1, 0.15) is 0 Å². The number of hydrogen-bond acceptors (Lipinski definition) is 5. The molecule has 106 valence electrons. The van der Waals surface area contributed by atoms with E-state index in [-0.39, 0.29) is 0 Å². The van der Waals surface area contributed by atoms with Crippen LogP contribution in [-0.4, -0.2) is 31.2 Å². The third kappa shape index (κ3) is 3.09. The third-order valence-electron chi connectivity index (χ3n) is 3.63. The summed E-state index contributed by atoms with van der Waals surface area (Å²) in [6, 6.07) is 0.529. The lowest BCUT2D eigenvalue weighted by Crippen LogP contribution is -2.35. The summed E-state index contributed by atoms with van der Waals surface area (Å²) < 4.78 is 27.0.